The molecule has 25 heavy (non-hydrogen) atoms. The fraction of sp³-hybridized carbons (Fsp3) is 0.211. The zero-order valence-electron chi connectivity index (χ0n) is 13.7. The van der Waals surface area contributed by atoms with Gasteiger partial charge in [-0.15, -0.1) is 0 Å². The van der Waals surface area contributed by atoms with Gasteiger partial charge in [0, 0.05) is 5.56 Å². The Hall–Kier alpha value is -2.35. The summed E-state index contributed by atoms with van der Waals surface area (Å²) in [6.45, 7) is 3.67. The predicted molar refractivity (Wildman–Crippen MR) is 98.0 cm³/mol. The summed E-state index contributed by atoms with van der Waals surface area (Å²) in [4.78, 5) is 25.3. The molecular weight excluding hydrogens is 359 g/mol. The average Bonchev–Trinajstić information content (AvgIpc) is 2.58. The second-order valence-electron chi connectivity index (χ2n) is 5.85. The van der Waals surface area contributed by atoms with Gasteiger partial charge in [-0.05, 0) is 30.2 Å². The van der Waals surface area contributed by atoms with Crippen molar-refractivity contribution < 1.29 is 9.59 Å². The minimum atomic E-state index is -0.743. The smallest absolute Gasteiger partial charge is 0.254 e. The van der Waals surface area contributed by atoms with Gasteiger partial charge in [-0.25, -0.2) is 0 Å². The van der Waals surface area contributed by atoms with Crippen molar-refractivity contribution in [3.8, 4) is 6.07 Å². The first-order valence-corrected chi connectivity index (χ1v) is 8.40. The van der Waals surface area contributed by atoms with Crippen LogP contribution in [-0.4, -0.2) is 17.7 Å². The second kappa shape index (κ2) is 8.15. The summed E-state index contributed by atoms with van der Waals surface area (Å²) in [5, 5.41) is 12.0. The molecule has 128 valence electrons. The number of Topliss-reactive ketones (excluding diaryl/α,β-unsaturated/α-hetero) is 1. The number of carbonyl (C=O) groups excluding carboxylic acids is 2. The minimum absolute atomic E-state index is 0.143. The number of nitriles is 1. The van der Waals surface area contributed by atoms with E-state index in [-0.39, 0.29) is 27.3 Å². The first kappa shape index (κ1) is 19.0. The molecule has 1 unspecified atom stereocenters. The molecule has 0 saturated carbocycles. The van der Waals surface area contributed by atoms with Crippen molar-refractivity contribution in [3.05, 3.63) is 69.2 Å². The lowest BCUT2D eigenvalue weighted by Gasteiger charge is -2.22. The van der Waals surface area contributed by atoms with Crippen molar-refractivity contribution in [1.29, 1.82) is 5.26 Å². The maximum atomic E-state index is 12.8. The summed E-state index contributed by atoms with van der Waals surface area (Å²) in [6.07, 6.45) is 0. The molecule has 0 spiro atoms. The highest BCUT2D eigenvalue weighted by atomic mass is 35.5. The maximum Gasteiger partial charge on any atom is 0.254 e. The molecule has 2 aromatic rings. The molecule has 0 saturated heterocycles. The summed E-state index contributed by atoms with van der Waals surface area (Å²) < 4.78 is 0. The Balaban J connectivity index is 2.27. The lowest BCUT2D eigenvalue weighted by Crippen LogP contribution is -2.44. The summed E-state index contributed by atoms with van der Waals surface area (Å²) in [5.41, 5.74) is 1.02. The Morgan fingerprint density at radius 2 is 1.60 bits per heavy atom. The Morgan fingerprint density at radius 1 is 1.04 bits per heavy atom. The molecule has 2 rings (SSSR count). The van der Waals surface area contributed by atoms with Crippen LogP contribution >= 0.6 is 23.2 Å². The van der Waals surface area contributed by atoms with Crippen molar-refractivity contribution in [2.75, 3.05) is 0 Å². The summed E-state index contributed by atoms with van der Waals surface area (Å²) >= 11 is 12.1. The van der Waals surface area contributed by atoms with Crippen LogP contribution in [-0.2, 0) is 0 Å². The number of hydrogen-bond acceptors (Lipinski definition) is 3. The molecule has 1 N–H and O–H groups in total. The van der Waals surface area contributed by atoms with Gasteiger partial charge in [0.2, 0.25) is 0 Å². The van der Waals surface area contributed by atoms with Gasteiger partial charge in [0.15, 0.2) is 5.78 Å². The van der Waals surface area contributed by atoms with Crippen LogP contribution in [0.25, 0.3) is 0 Å². The van der Waals surface area contributed by atoms with Gasteiger partial charge < -0.3 is 5.32 Å². The van der Waals surface area contributed by atoms with Crippen LogP contribution in [0.3, 0.4) is 0 Å². The topological polar surface area (TPSA) is 70.0 Å². The Labute approximate surface area is 156 Å². The lowest BCUT2D eigenvalue weighted by atomic mass is 9.94. The Kier molecular flexibility index (Phi) is 6.19. The Bertz CT molecular complexity index is 819. The molecule has 0 bridgehead atoms. The first-order chi connectivity index (χ1) is 11.8. The Morgan fingerprint density at radius 3 is 2.08 bits per heavy atom. The molecule has 0 aromatic heterocycles. The predicted octanol–water partition coefficient (Wildman–Crippen LogP) is 4.50. The van der Waals surface area contributed by atoms with Crippen LogP contribution in [0, 0.1) is 17.2 Å². The van der Waals surface area contributed by atoms with Crippen LogP contribution in [0.2, 0.25) is 10.0 Å². The highest BCUT2D eigenvalue weighted by Crippen LogP contribution is 2.24. The third-order valence-corrected chi connectivity index (χ3v) is 4.35. The molecule has 1 atom stereocenters. The number of halogens is 2. The van der Waals surface area contributed by atoms with Gasteiger partial charge in [-0.1, -0.05) is 55.2 Å². The molecule has 0 aliphatic heterocycles. The standard InChI is InChI=1S/C19H16Cl2N2O2/c1-11(2)17(18(24)13-8-6-12(10-22)7-9-13)23-19(25)16-14(20)4-3-5-15(16)21/h3-9,11,17H,1-2H3,(H,23,25). The van der Waals surface area contributed by atoms with E-state index >= 15 is 0 Å². The van der Waals surface area contributed by atoms with Gasteiger partial charge in [0.25, 0.3) is 5.91 Å². The number of nitrogens with zero attached hydrogens (tertiary/aromatic N) is 1. The normalized spacial score (nSPS) is 11.7. The van der Waals surface area contributed by atoms with Crippen LogP contribution in [0.5, 0.6) is 0 Å². The van der Waals surface area contributed by atoms with Crippen molar-refractivity contribution in [3.63, 3.8) is 0 Å². The fourth-order valence-electron chi connectivity index (χ4n) is 2.35. The van der Waals surface area contributed by atoms with E-state index in [9.17, 15) is 9.59 Å². The zero-order chi connectivity index (χ0) is 18.6. The van der Waals surface area contributed by atoms with Crippen LogP contribution in [0.15, 0.2) is 42.5 Å². The molecule has 0 aliphatic rings. The molecule has 1 amide bonds. The molecule has 0 heterocycles. The highest BCUT2D eigenvalue weighted by molar-refractivity contribution is 6.39. The maximum absolute atomic E-state index is 12.8. The van der Waals surface area contributed by atoms with Crippen molar-refractivity contribution >= 4 is 34.9 Å². The number of benzene rings is 2. The summed E-state index contributed by atoms with van der Waals surface area (Å²) in [5.74, 6) is -0.888. The highest BCUT2D eigenvalue weighted by Gasteiger charge is 2.27. The molecule has 0 fully saturated rings. The SMILES string of the molecule is CC(C)C(NC(=O)c1c(Cl)cccc1Cl)C(=O)c1ccc(C#N)cc1. The number of carbonyl (C=O) groups is 2. The van der Waals surface area contributed by atoms with Crippen LogP contribution in [0.1, 0.15) is 40.1 Å². The average molecular weight is 375 g/mol. The minimum Gasteiger partial charge on any atom is -0.341 e. The van der Waals surface area contributed by atoms with E-state index in [0.29, 0.717) is 11.1 Å². The largest absolute Gasteiger partial charge is 0.341 e. The van der Waals surface area contributed by atoms with Crippen molar-refractivity contribution in [2.24, 2.45) is 5.92 Å². The van der Waals surface area contributed by atoms with Crippen molar-refractivity contribution in [1.82, 2.24) is 5.32 Å². The van der Waals surface area contributed by atoms with Gasteiger partial charge in [-0.2, -0.15) is 5.26 Å². The van der Waals surface area contributed by atoms with Crippen LogP contribution in [0.4, 0.5) is 0 Å². The van der Waals surface area contributed by atoms with Crippen molar-refractivity contribution in [2.45, 2.75) is 19.9 Å². The lowest BCUT2D eigenvalue weighted by molar-refractivity contribution is 0.0831. The van der Waals surface area contributed by atoms with Gasteiger partial charge >= 0.3 is 0 Å². The van der Waals surface area contributed by atoms with E-state index in [2.05, 4.69) is 5.32 Å². The fourth-order valence-corrected chi connectivity index (χ4v) is 2.92. The summed E-state index contributed by atoms with van der Waals surface area (Å²) in [7, 11) is 0. The monoisotopic (exact) mass is 374 g/mol. The third-order valence-electron chi connectivity index (χ3n) is 3.72. The van der Waals surface area contributed by atoms with E-state index in [1.54, 1.807) is 42.5 Å². The number of amides is 1. The van der Waals surface area contributed by atoms with Gasteiger partial charge in [0.05, 0.1) is 33.3 Å². The molecule has 6 heteroatoms. The van der Waals surface area contributed by atoms with E-state index < -0.39 is 11.9 Å². The summed E-state index contributed by atoms with van der Waals surface area (Å²) in [6, 6.07) is 12.3. The second-order valence-corrected chi connectivity index (χ2v) is 6.66. The molecular formula is C19H16Cl2N2O2. The number of hydrogen-bond donors (Lipinski definition) is 1. The van der Waals surface area contributed by atoms with Crippen LogP contribution < -0.4 is 5.32 Å². The molecule has 4 nitrogen and oxygen atoms in total. The molecule has 0 radical (unpaired) electrons. The number of nitrogens with one attached hydrogen (secondary N) is 1. The first-order valence-electron chi connectivity index (χ1n) is 7.64. The number of rotatable bonds is 5. The van der Waals surface area contributed by atoms with Gasteiger partial charge in [-0.3, -0.25) is 9.59 Å². The van der Waals surface area contributed by atoms with E-state index in [1.807, 2.05) is 19.9 Å². The van der Waals surface area contributed by atoms with E-state index in [1.165, 1.54) is 0 Å². The molecule has 0 aliphatic carbocycles. The quantitative estimate of drug-likeness (QED) is 0.782. The number of ketones is 1. The van der Waals surface area contributed by atoms with Gasteiger partial charge in [0.1, 0.15) is 0 Å². The third kappa shape index (κ3) is 4.39. The van der Waals surface area contributed by atoms with E-state index in [0.717, 1.165) is 0 Å². The molecule has 2 aromatic carbocycles. The van der Waals surface area contributed by atoms with E-state index in [4.69, 9.17) is 28.5 Å². The zero-order valence-corrected chi connectivity index (χ0v) is 15.2.